The second-order valence-corrected chi connectivity index (χ2v) is 8.35. The lowest BCUT2D eigenvalue weighted by Gasteiger charge is -2.37. The number of sulfonamides is 1. The van der Waals surface area contributed by atoms with Crippen molar-refractivity contribution in [3.05, 3.63) is 65.7 Å². The van der Waals surface area contributed by atoms with Crippen LogP contribution in [0.25, 0.3) is 0 Å². The van der Waals surface area contributed by atoms with E-state index in [2.05, 4.69) is 9.85 Å². The highest BCUT2D eigenvalue weighted by Crippen LogP contribution is 2.33. The Morgan fingerprint density at radius 2 is 1.80 bits per heavy atom. The molecule has 2 aromatic rings. The number of aryl methyl sites for hydroxylation is 1. The summed E-state index contributed by atoms with van der Waals surface area (Å²) in [6, 6.07) is 16.3. The van der Waals surface area contributed by atoms with Crippen molar-refractivity contribution in [1.29, 1.82) is 0 Å². The van der Waals surface area contributed by atoms with E-state index in [1.54, 1.807) is 24.3 Å². The molecular formula is C19H18INO3S. The molecule has 0 unspecified atom stereocenters. The number of rotatable bonds is 3. The Bertz CT molecular complexity index is 886. The van der Waals surface area contributed by atoms with Crippen molar-refractivity contribution >= 4 is 32.6 Å². The van der Waals surface area contributed by atoms with E-state index in [9.17, 15) is 8.42 Å². The Kier molecular flexibility index (Phi) is 5.79. The molecule has 1 aliphatic heterocycles. The van der Waals surface area contributed by atoms with Gasteiger partial charge in [0.2, 0.25) is 10.0 Å². The summed E-state index contributed by atoms with van der Waals surface area (Å²) in [5.74, 6) is 2.88. The molecule has 2 atom stereocenters. The molecule has 1 heterocycles. The minimum absolute atomic E-state index is 0.142. The van der Waals surface area contributed by atoms with Gasteiger partial charge in [-0.15, -0.1) is 0 Å². The summed E-state index contributed by atoms with van der Waals surface area (Å²) in [6.07, 6.45) is -0.639. The first-order valence-corrected chi connectivity index (χ1v) is 10.4. The molecule has 25 heavy (non-hydrogen) atoms. The number of ether oxygens (including phenoxy) is 1. The SMILES string of the molecule is Cc1ccc(S(=O)(=O)N2C[C@H](C#CI)CO[C@@H]2c2ccccc2)cc1. The van der Waals surface area contributed by atoms with Crippen LogP contribution < -0.4 is 0 Å². The van der Waals surface area contributed by atoms with Crippen LogP contribution in [0.1, 0.15) is 17.4 Å². The largest absolute Gasteiger partial charge is 0.356 e. The summed E-state index contributed by atoms with van der Waals surface area (Å²) >= 11 is 1.97. The molecule has 0 amide bonds. The van der Waals surface area contributed by atoms with E-state index >= 15 is 0 Å². The Labute approximate surface area is 162 Å². The van der Waals surface area contributed by atoms with Crippen LogP contribution in [0.5, 0.6) is 0 Å². The molecule has 4 nitrogen and oxygen atoms in total. The molecule has 1 fully saturated rings. The molecule has 1 aliphatic rings. The number of hydrogen-bond acceptors (Lipinski definition) is 3. The first-order valence-electron chi connectivity index (χ1n) is 7.88. The molecule has 0 N–H and O–H groups in total. The highest BCUT2D eigenvalue weighted by atomic mass is 127. The zero-order chi connectivity index (χ0) is 17.9. The van der Waals surface area contributed by atoms with Gasteiger partial charge in [0, 0.05) is 29.1 Å². The van der Waals surface area contributed by atoms with E-state index in [4.69, 9.17) is 4.74 Å². The van der Waals surface area contributed by atoms with Crippen molar-refractivity contribution in [2.24, 2.45) is 5.92 Å². The van der Waals surface area contributed by atoms with Gasteiger partial charge in [-0.05, 0) is 28.5 Å². The van der Waals surface area contributed by atoms with Gasteiger partial charge in [-0.2, -0.15) is 4.31 Å². The normalized spacial score (nSPS) is 21.4. The van der Waals surface area contributed by atoms with Gasteiger partial charge in [-0.3, -0.25) is 0 Å². The molecule has 0 aromatic heterocycles. The summed E-state index contributed by atoms with van der Waals surface area (Å²) in [7, 11) is -3.69. The maximum absolute atomic E-state index is 13.2. The Morgan fingerprint density at radius 3 is 2.44 bits per heavy atom. The lowest BCUT2D eigenvalue weighted by atomic mass is 10.1. The Morgan fingerprint density at radius 1 is 1.12 bits per heavy atom. The molecule has 0 bridgehead atoms. The fourth-order valence-corrected chi connectivity index (χ4v) is 4.77. The van der Waals surface area contributed by atoms with E-state index in [1.807, 2.05) is 59.8 Å². The van der Waals surface area contributed by atoms with Gasteiger partial charge in [-0.1, -0.05) is 53.9 Å². The molecule has 130 valence electrons. The molecule has 0 aliphatic carbocycles. The standard InChI is InChI=1S/C19H18INO3S/c1-15-7-9-18(10-8-15)25(22,23)21-13-16(11-12-20)14-24-19(21)17-5-3-2-4-6-17/h2-10,16,19H,13-14H2,1H3/t16-,19+/m0/s1. The number of benzene rings is 2. The third-order valence-corrected chi connectivity index (χ3v) is 6.23. The third kappa shape index (κ3) is 4.06. The maximum atomic E-state index is 13.2. The highest BCUT2D eigenvalue weighted by Gasteiger charge is 2.38. The van der Waals surface area contributed by atoms with Crippen LogP contribution >= 0.6 is 22.6 Å². The highest BCUT2D eigenvalue weighted by molar-refractivity contribution is 14.1. The number of halogens is 1. The van der Waals surface area contributed by atoms with Gasteiger partial charge >= 0.3 is 0 Å². The van der Waals surface area contributed by atoms with Gasteiger partial charge in [0.25, 0.3) is 0 Å². The first kappa shape index (κ1) is 18.4. The fourth-order valence-electron chi connectivity index (χ4n) is 2.77. The van der Waals surface area contributed by atoms with Gasteiger partial charge in [0.1, 0.15) is 6.23 Å². The van der Waals surface area contributed by atoms with E-state index in [0.717, 1.165) is 11.1 Å². The molecule has 6 heteroatoms. The van der Waals surface area contributed by atoms with E-state index in [1.165, 1.54) is 4.31 Å². The average molecular weight is 467 g/mol. The molecular weight excluding hydrogens is 449 g/mol. The summed E-state index contributed by atoms with van der Waals surface area (Å²) in [5, 5.41) is 0. The lowest BCUT2D eigenvalue weighted by molar-refractivity contribution is -0.0717. The van der Waals surface area contributed by atoms with Crippen molar-refractivity contribution < 1.29 is 13.2 Å². The molecule has 0 radical (unpaired) electrons. The maximum Gasteiger partial charge on any atom is 0.245 e. The topological polar surface area (TPSA) is 46.6 Å². The van der Waals surface area contributed by atoms with Crippen LogP contribution in [0.15, 0.2) is 59.5 Å². The monoisotopic (exact) mass is 467 g/mol. The zero-order valence-electron chi connectivity index (χ0n) is 13.7. The zero-order valence-corrected chi connectivity index (χ0v) is 16.7. The summed E-state index contributed by atoms with van der Waals surface area (Å²) in [6.45, 7) is 2.65. The molecule has 3 rings (SSSR count). The van der Waals surface area contributed by atoms with Crippen molar-refractivity contribution in [3.8, 4) is 9.85 Å². The van der Waals surface area contributed by atoms with Crippen LogP contribution in [0, 0.1) is 22.7 Å². The second-order valence-electron chi connectivity index (χ2n) is 5.92. The van der Waals surface area contributed by atoms with Crippen LogP contribution in [-0.4, -0.2) is 25.9 Å². The van der Waals surface area contributed by atoms with Crippen LogP contribution in [-0.2, 0) is 14.8 Å². The third-order valence-electron chi connectivity index (χ3n) is 4.09. The van der Waals surface area contributed by atoms with Crippen molar-refractivity contribution in [2.45, 2.75) is 18.0 Å². The van der Waals surface area contributed by atoms with Crippen LogP contribution in [0.4, 0.5) is 0 Å². The smallest absolute Gasteiger partial charge is 0.245 e. The Hall–Kier alpha value is -1.40. The minimum atomic E-state index is -3.69. The van der Waals surface area contributed by atoms with E-state index in [-0.39, 0.29) is 10.8 Å². The molecule has 2 aromatic carbocycles. The first-order chi connectivity index (χ1) is 12.0. The van der Waals surface area contributed by atoms with Gasteiger partial charge in [-0.25, -0.2) is 8.42 Å². The number of nitrogens with zero attached hydrogens (tertiary/aromatic N) is 1. The quantitative estimate of drug-likeness (QED) is 0.511. The van der Waals surface area contributed by atoms with Crippen molar-refractivity contribution in [2.75, 3.05) is 13.2 Å². The Balaban J connectivity index is 2.01. The van der Waals surface area contributed by atoms with Gasteiger partial charge in [0.15, 0.2) is 0 Å². The van der Waals surface area contributed by atoms with E-state index < -0.39 is 16.3 Å². The fraction of sp³-hybridized carbons (Fsp3) is 0.263. The van der Waals surface area contributed by atoms with Crippen molar-refractivity contribution in [1.82, 2.24) is 4.31 Å². The lowest BCUT2D eigenvalue weighted by Crippen LogP contribution is -2.44. The summed E-state index contributed by atoms with van der Waals surface area (Å²) in [4.78, 5) is 0.269. The average Bonchev–Trinajstić information content (AvgIpc) is 2.63. The molecule has 1 saturated heterocycles. The van der Waals surface area contributed by atoms with E-state index in [0.29, 0.717) is 13.2 Å². The van der Waals surface area contributed by atoms with Crippen LogP contribution in [0.3, 0.4) is 0 Å². The summed E-state index contributed by atoms with van der Waals surface area (Å²) in [5.41, 5.74) is 1.83. The predicted molar refractivity (Wildman–Crippen MR) is 105 cm³/mol. The number of hydrogen-bond donors (Lipinski definition) is 0. The second kappa shape index (κ2) is 7.87. The predicted octanol–water partition coefficient (Wildman–Crippen LogP) is 3.73. The van der Waals surface area contributed by atoms with Gasteiger partial charge in [0.05, 0.1) is 17.4 Å². The van der Waals surface area contributed by atoms with Crippen LogP contribution in [0.2, 0.25) is 0 Å². The minimum Gasteiger partial charge on any atom is -0.356 e. The summed E-state index contributed by atoms with van der Waals surface area (Å²) < 4.78 is 36.6. The van der Waals surface area contributed by atoms with Crippen molar-refractivity contribution in [3.63, 3.8) is 0 Å². The molecule has 0 saturated carbocycles. The van der Waals surface area contributed by atoms with Gasteiger partial charge < -0.3 is 4.74 Å². The molecule has 0 spiro atoms.